The van der Waals surface area contributed by atoms with Crippen molar-refractivity contribution in [3.63, 3.8) is 0 Å². The van der Waals surface area contributed by atoms with E-state index in [0.29, 0.717) is 0 Å². The maximum Gasteiger partial charge on any atom is 0.128 e. The summed E-state index contributed by atoms with van der Waals surface area (Å²) in [4.78, 5) is 6.47. The molecular formula is C13H22N2O. The highest BCUT2D eigenvalue weighted by Crippen LogP contribution is 2.06. The molecule has 0 saturated carbocycles. The molecular weight excluding hydrogens is 200 g/mol. The monoisotopic (exact) mass is 222 g/mol. The van der Waals surface area contributed by atoms with Gasteiger partial charge in [0.25, 0.3) is 0 Å². The average molecular weight is 222 g/mol. The molecule has 1 fully saturated rings. The number of pyridine rings is 1. The molecule has 0 radical (unpaired) electrons. The van der Waals surface area contributed by atoms with Crippen molar-refractivity contribution in [2.75, 3.05) is 31.2 Å². The fraction of sp³-hybridized carbons (Fsp3) is 0.615. The Balaban J connectivity index is 0.000000212. The van der Waals surface area contributed by atoms with Gasteiger partial charge in [-0.2, -0.15) is 0 Å². The lowest BCUT2D eigenvalue weighted by Crippen LogP contribution is -2.22. The SMILES string of the molecule is C1CCOC1.CCN(CC)c1ccccn1. The number of rotatable bonds is 3. The number of hydrogen-bond donors (Lipinski definition) is 0. The van der Waals surface area contributed by atoms with Crippen molar-refractivity contribution in [1.82, 2.24) is 4.98 Å². The van der Waals surface area contributed by atoms with Crippen molar-refractivity contribution < 1.29 is 4.74 Å². The van der Waals surface area contributed by atoms with E-state index in [0.717, 1.165) is 32.1 Å². The summed E-state index contributed by atoms with van der Waals surface area (Å²) in [6, 6.07) is 5.99. The zero-order valence-electron chi connectivity index (χ0n) is 10.4. The molecule has 0 spiro atoms. The molecule has 2 heterocycles. The molecule has 0 aliphatic carbocycles. The van der Waals surface area contributed by atoms with Crippen LogP contribution in [0.15, 0.2) is 24.4 Å². The van der Waals surface area contributed by atoms with Gasteiger partial charge in [0, 0.05) is 32.5 Å². The maximum atomic E-state index is 4.94. The summed E-state index contributed by atoms with van der Waals surface area (Å²) >= 11 is 0. The van der Waals surface area contributed by atoms with Gasteiger partial charge in [-0.05, 0) is 38.8 Å². The van der Waals surface area contributed by atoms with Crippen molar-refractivity contribution >= 4 is 5.82 Å². The van der Waals surface area contributed by atoms with Gasteiger partial charge in [0.15, 0.2) is 0 Å². The first kappa shape index (κ1) is 13.0. The minimum atomic E-state index is 1.00. The molecule has 1 aromatic rings. The van der Waals surface area contributed by atoms with Crippen molar-refractivity contribution in [3.8, 4) is 0 Å². The van der Waals surface area contributed by atoms with Crippen LogP contribution >= 0.6 is 0 Å². The molecule has 16 heavy (non-hydrogen) atoms. The van der Waals surface area contributed by atoms with Gasteiger partial charge in [-0.1, -0.05) is 6.07 Å². The topological polar surface area (TPSA) is 25.4 Å². The van der Waals surface area contributed by atoms with E-state index in [4.69, 9.17) is 4.74 Å². The van der Waals surface area contributed by atoms with Gasteiger partial charge < -0.3 is 9.64 Å². The van der Waals surface area contributed by atoms with Gasteiger partial charge in [-0.15, -0.1) is 0 Å². The van der Waals surface area contributed by atoms with Crippen molar-refractivity contribution in [2.24, 2.45) is 0 Å². The molecule has 1 aromatic heterocycles. The standard InChI is InChI=1S/C9H14N2.C4H8O/c1-3-11(4-2)9-7-5-6-8-10-9;1-2-4-5-3-1/h5-8H,3-4H2,1-2H3;1-4H2. The molecule has 3 nitrogen and oxygen atoms in total. The number of ether oxygens (including phenoxy) is 1. The highest BCUT2D eigenvalue weighted by molar-refractivity contribution is 5.36. The zero-order chi connectivity index (χ0) is 11.6. The Morgan fingerprint density at radius 3 is 2.25 bits per heavy atom. The Morgan fingerprint density at radius 1 is 1.19 bits per heavy atom. The quantitative estimate of drug-likeness (QED) is 0.786. The van der Waals surface area contributed by atoms with E-state index < -0.39 is 0 Å². The van der Waals surface area contributed by atoms with Gasteiger partial charge in [0.05, 0.1) is 0 Å². The van der Waals surface area contributed by atoms with Crippen LogP contribution in [0.2, 0.25) is 0 Å². The largest absolute Gasteiger partial charge is 0.381 e. The summed E-state index contributed by atoms with van der Waals surface area (Å²) < 4.78 is 4.94. The Hall–Kier alpha value is -1.09. The molecule has 0 unspecified atom stereocenters. The van der Waals surface area contributed by atoms with E-state index in [9.17, 15) is 0 Å². The fourth-order valence-electron chi connectivity index (χ4n) is 1.60. The lowest BCUT2D eigenvalue weighted by atomic mass is 10.4. The van der Waals surface area contributed by atoms with E-state index in [-0.39, 0.29) is 0 Å². The van der Waals surface area contributed by atoms with Gasteiger partial charge in [-0.3, -0.25) is 0 Å². The Bertz CT molecular complexity index is 248. The second kappa shape index (κ2) is 8.11. The Kier molecular flexibility index (Phi) is 6.58. The Labute approximate surface area is 98.4 Å². The van der Waals surface area contributed by atoms with Gasteiger partial charge >= 0.3 is 0 Å². The number of nitrogens with zero attached hydrogens (tertiary/aromatic N) is 2. The second-order valence-corrected chi connectivity index (χ2v) is 3.68. The molecule has 0 amide bonds. The van der Waals surface area contributed by atoms with E-state index in [1.165, 1.54) is 12.8 Å². The van der Waals surface area contributed by atoms with Crippen molar-refractivity contribution in [3.05, 3.63) is 24.4 Å². The lowest BCUT2D eigenvalue weighted by Gasteiger charge is -2.18. The molecule has 3 heteroatoms. The third kappa shape index (κ3) is 4.62. The summed E-state index contributed by atoms with van der Waals surface area (Å²) in [5.41, 5.74) is 0. The molecule has 1 saturated heterocycles. The third-order valence-corrected chi connectivity index (χ3v) is 2.56. The molecule has 1 aliphatic rings. The molecule has 90 valence electrons. The van der Waals surface area contributed by atoms with Crippen LogP contribution in [-0.4, -0.2) is 31.3 Å². The molecule has 0 bridgehead atoms. The first-order valence-electron chi connectivity index (χ1n) is 6.12. The average Bonchev–Trinajstić information content (AvgIpc) is 2.91. The highest BCUT2D eigenvalue weighted by atomic mass is 16.5. The summed E-state index contributed by atoms with van der Waals surface area (Å²) in [5.74, 6) is 1.07. The molecule has 2 rings (SSSR count). The van der Waals surface area contributed by atoms with E-state index in [1.54, 1.807) is 0 Å². The first-order valence-corrected chi connectivity index (χ1v) is 6.12. The first-order chi connectivity index (χ1) is 7.88. The molecule has 1 aliphatic heterocycles. The van der Waals surface area contributed by atoms with Gasteiger partial charge in [-0.25, -0.2) is 4.98 Å². The van der Waals surface area contributed by atoms with Crippen LogP contribution in [0.25, 0.3) is 0 Å². The van der Waals surface area contributed by atoms with E-state index in [1.807, 2.05) is 24.4 Å². The summed E-state index contributed by atoms with van der Waals surface area (Å²) in [6.07, 6.45) is 4.38. The fourth-order valence-corrected chi connectivity index (χ4v) is 1.60. The van der Waals surface area contributed by atoms with Crippen LogP contribution in [0.5, 0.6) is 0 Å². The van der Waals surface area contributed by atoms with E-state index in [2.05, 4.69) is 23.7 Å². The van der Waals surface area contributed by atoms with Crippen LogP contribution in [0.3, 0.4) is 0 Å². The maximum absolute atomic E-state index is 4.94. The van der Waals surface area contributed by atoms with Gasteiger partial charge in [0.2, 0.25) is 0 Å². The third-order valence-electron chi connectivity index (χ3n) is 2.56. The lowest BCUT2D eigenvalue weighted by molar-refractivity contribution is 0.198. The Morgan fingerprint density at radius 2 is 1.88 bits per heavy atom. The second-order valence-electron chi connectivity index (χ2n) is 3.68. The number of anilines is 1. The van der Waals surface area contributed by atoms with E-state index >= 15 is 0 Å². The van der Waals surface area contributed by atoms with Crippen LogP contribution in [0.4, 0.5) is 5.82 Å². The summed E-state index contributed by atoms with van der Waals surface area (Å²) in [5, 5.41) is 0. The summed E-state index contributed by atoms with van der Waals surface area (Å²) in [6.45, 7) is 8.32. The van der Waals surface area contributed by atoms with Crippen LogP contribution < -0.4 is 4.90 Å². The number of aromatic nitrogens is 1. The zero-order valence-corrected chi connectivity index (χ0v) is 10.4. The predicted molar refractivity (Wildman–Crippen MR) is 67.9 cm³/mol. The molecule has 0 N–H and O–H groups in total. The molecule has 0 atom stereocenters. The highest BCUT2D eigenvalue weighted by Gasteiger charge is 1.99. The van der Waals surface area contributed by atoms with Crippen molar-refractivity contribution in [2.45, 2.75) is 26.7 Å². The minimum Gasteiger partial charge on any atom is -0.381 e. The number of hydrogen-bond acceptors (Lipinski definition) is 3. The van der Waals surface area contributed by atoms with Gasteiger partial charge in [0.1, 0.15) is 5.82 Å². The van der Waals surface area contributed by atoms with Crippen LogP contribution in [0, 0.1) is 0 Å². The van der Waals surface area contributed by atoms with Crippen LogP contribution in [-0.2, 0) is 4.74 Å². The smallest absolute Gasteiger partial charge is 0.128 e. The minimum absolute atomic E-state index is 1.00. The summed E-state index contributed by atoms with van der Waals surface area (Å²) in [7, 11) is 0. The van der Waals surface area contributed by atoms with Crippen LogP contribution in [0.1, 0.15) is 26.7 Å². The van der Waals surface area contributed by atoms with Crippen molar-refractivity contribution in [1.29, 1.82) is 0 Å². The predicted octanol–water partition coefficient (Wildman–Crippen LogP) is 2.72. The molecule has 0 aromatic carbocycles. The normalized spacial score (nSPS) is 14.1.